The van der Waals surface area contributed by atoms with E-state index >= 15 is 0 Å². The van der Waals surface area contributed by atoms with Crippen LogP contribution >= 0.6 is 0 Å². The number of aryl methyl sites for hydroxylation is 1. The van der Waals surface area contributed by atoms with Crippen LogP contribution in [0.1, 0.15) is 67.3 Å². The van der Waals surface area contributed by atoms with Crippen molar-refractivity contribution >= 4 is 29.6 Å². The molecule has 0 bridgehead atoms. The Morgan fingerprint density at radius 3 is 2.13 bits per heavy atom. The van der Waals surface area contributed by atoms with Crippen LogP contribution in [-0.4, -0.2) is 31.2 Å². The largest absolute Gasteiger partial charge is 0.455 e. The first kappa shape index (κ1) is 36.2. The highest BCUT2D eigenvalue weighted by Crippen LogP contribution is 2.42. The summed E-state index contributed by atoms with van der Waals surface area (Å²) in [6, 6.07) is 13.9. The highest BCUT2D eigenvalue weighted by Gasteiger charge is 2.44. The Labute approximate surface area is 263 Å². The van der Waals surface area contributed by atoms with E-state index in [-0.39, 0.29) is 17.4 Å². The van der Waals surface area contributed by atoms with Crippen LogP contribution in [0.15, 0.2) is 71.2 Å². The monoisotopic (exact) mass is 614 g/mol. The smallest absolute Gasteiger partial charge is 0.255 e. The number of benzene rings is 3. The van der Waals surface area contributed by atoms with Crippen LogP contribution in [0.2, 0.25) is 0 Å². The first-order chi connectivity index (χ1) is 21.6. The molecule has 2 atom stereocenters. The number of carbonyl (C=O) groups excluding carboxylic acids is 3. The summed E-state index contributed by atoms with van der Waals surface area (Å²) >= 11 is 0. The first-order valence-electron chi connectivity index (χ1n) is 14.6. The van der Waals surface area contributed by atoms with Crippen LogP contribution in [0.25, 0.3) is 33.4 Å². The van der Waals surface area contributed by atoms with Gasteiger partial charge in [0.05, 0.1) is 11.1 Å². The van der Waals surface area contributed by atoms with Crippen LogP contribution in [0.3, 0.4) is 0 Å². The molecule has 1 saturated carbocycles. The molecule has 5 rings (SSSR count). The summed E-state index contributed by atoms with van der Waals surface area (Å²) in [5, 5.41) is 6.21. The van der Waals surface area contributed by atoms with E-state index in [4.69, 9.17) is 9.21 Å². The molecule has 3 aromatic carbocycles. The van der Waals surface area contributed by atoms with Gasteiger partial charge in [-0.1, -0.05) is 45.9 Å². The Kier molecular flexibility index (Phi) is 12.6. The Hall–Kier alpha value is -5.03. The van der Waals surface area contributed by atoms with Gasteiger partial charge in [0.2, 0.25) is 0 Å². The minimum Gasteiger partial charge on any atom is -0.455 e. The normalized spacial score (nSPS) is 16.4. The number of terminal acetylenes is 1. The molecule has 4 aromatic rings. The highest BCUT2D eigenvalue weighted by atomic mass is 19.1. The zero-order valence-electron chi connectivity index (χ0n) is 26.6. The molecule has 236 valence electrons. The van der Waals surface area contributed by atoms with Crippen molar-refractivity contribution in [2.75, 3.05) is 7.05 Å². The van der Waals surface area contributed by atoms with Crippen molar-refractivity contribution in [2.45, 2.75) is 53.0 Å². The summed E-state index contributed by atoms with van der Waals surface area (Å²) in [5.41, 5.74) is 4.21. The molecule has 1 heterocycles. The average molecular weight is 615 g/mol. The maximum Gasteiger partial charge on any atom is 0.255 e. The van der Waals surface area contributed by atoms with E-state index in [9.17, 15) is 18.4 Å². The summed E-state index contributed by atoms with van der Waals surface area (Å²) in [6.45, 7) is 15.9. The van der Waals surface area contributed by atoms with Gasteiger partial charge in [-0.3, -0.25) is 9.59 Å². The van der Waals surface area contributed by atoms with Gasteiger partial charge >= 0.3 is 0 Å². The van der Waals surface area contributed by atoms with E-state index in [1.165, 1.54) is 25.2 Å². The number of carbonyl (C=O) groups is 3. The fourth-order valence-corrected chi connectivity index (χ4v) is 5.34. The van der Waals surface area contributed by atoms with Crippen LogP contribution in [0.5, 0.6) is 0 Å². The number of furan rings is 1. The minimum absolute atomic E-state index is 0.0497. The van der Waals surface area contributed by atoms with Crippen molar-refractivity contribution in [2.24, 2.45) is 5.92 Å². The second kappa shape index (κ2) is 15.6. The fraction of sp³-hybridized carbons (Fsp3) is 0.270. The number of nitrogens with one attached hydrogen (secondary N) is 2. The van der Waals surface area contributed by atoms with Crippen molar-refractivity contribution in [1.82, 2.24) is 10.6 Å². The lowest BCUT2D eigenvalue weighted by molar-refractivity contribution is -0.0980. The number of amides is 2. The van der Waals surface area contributed by atoms with Gasteiger partial charge in [0, 0.05) is 23.5 Å². The molecule has 45 heavy (non-hydrogen) atoms. The van der Waals surface area contributed by atoms with E-state index in [1.807, 2.05) is 53.5 Å². The molecule has 0 saturated heterocycles. The fourth-order valence-electron chi connectivity index (χ4n) is 5.34. The van der Waals surface area contributed by atoms with E-state index in [1.54, 1.807) is 24.3 Å². The molecule has 1 aliphatic rings. The van der Waals surface area contributed by atoms with Crippen molar-refractivity contribution < 1.29 is 27.6 Å². The third kappa shape index (κ3) is 7.21. The topological polar surface area (TPSA) is 88.4 Å². The van der Waals surface area contributed by atoms with Crippen LogP contribution < -0.4 is 10.6 Å². The summed E-state index contributed by atoms with van der Waals surface area (Å²) in [5.74, 6) is -1.42. The van der Waals surface area contributed by atoms with Crippen LogP contribution in [-0.2, 0) is 11.2 Å². The highest BCUT2D eigenvalue weighted by molar-refractivity contribution is 6.12. The predicted octanol–water partition coefficient (Wildman–Crippen LogP) is 8.14. The SMILES string of the molecule is C#C.C=C1CC(C)(NC(=O)c2cc(-c3cc4c(C(=O)NC)c(-c5ccc(F)cc5)oc4cc3CC)ccc2F)C1C.C=O.CC. The zero-order chi connectivity index (χ0) is 34.1. The summed E-state index contributed by atoms with van der Waals surface area (Å²) in [4.78, 5) is 34.2. The molecule has 2 amide bonds. The van der Waals surface area contributed by atoms with Crippen molar-refractivity contribution in [3.63, 3.8) is 0 Å². The first-order valence-corrected chi connectivity index (χ1v) is 14.6. The third-order valence-electron chi connectivity index (χ3n) is 7.94. The molecule has 1 aromatic heterocycles. The number of rotatable bonds is 6. The van der Waals surface area contributed by atoms with E-state index in [0.717, 1.165) is 16.7 Å². The van der Waals surface area contributed by atoms with Crippen LogP contribution in [0, 0.1) is 30.4 Å². The molecule has 1 fully saturated rings. The summed E-state index contributed by atoms with van der Waals surface area (Å²) in [7, 11) is 1.53. The van der Waals surface area contributed by atoms with Gasteiger partial charge in [-0.25, -0.2) is 8.78 Å². The Morgan fingerprint density at radius 2 is 1.60 bits per heavy atom. The van der Waals surface area contributed by atoms with E-state index < -0.39 is 23.1 Å². The standard InChI is InChI=1S/C32H30F2N2O3.C2H6.C2H2.CH2O/c1-6-19-14-27-25(28(31(38)35-5)29(39-27)20-7-10-22(33)11-8-20)15-23(19)21-9-12-26(34)24(13-21)30(37)36-32(4)16-17(2)18(32)3;3*1-2/h7-15,18H,2,6,16H2,1,3-5H3,(H,35,38)(H,36,37);1-2H3;1-2H;1H2. The number of hydrogen-bond acceptors (Lipinski definition) is 4. The van der Waals surface area contributed by atoms with E-state index in [2.05, 4.69) is 30.1 Å². The number of halogens is 2. The van der Waals surface area contributed by atoms with Gasteiger partial charge in [0.25, 0.3) is 11.8 Å². The maximum absolute atomic E-state index is 14.9. The summed E-state index contributed by atoms with van der Waals surface area (Å²) < 4.78 is 34.6. The Bertz CT molecular complexity index is 1710. The Balaban J connectivity index is 0.00000111. The van der Waals surface area contributed by atoms with Crippen molar-refractivity contribution in [3.05, 3.63) is 95.1 Å². The lowest BCUT2D eigenvalue weighted by atomic mass is 9.65. The van der Waals surface area contributed by atoms with Gasteiger partial charge in [-0.2, -0.15) is 0 Å². The second-order valence-corrected chi connectivity index (χ2v) is 10.4. The minimum atomic E-state index is -0.613. The van der Waals surface area contributed by atoms with Crippen molar-refractivity contribution in [3.8, 4) is 35.3 Å². The average Bonchev–Trinajstić information content (AvgIpc) is 3.45. The van der Waals surface area contributed by atoms with Gasteiger partial charge < -0.3 is 19.8 Å². The van der Waals surface area contributed by atoms with Gasteiger partial charge in [-0.15, -0.1) is 12.8 Å². The lowest BCUT2D eigenvalue weighted by Gasteiger charge is -2.47. The summed E-state index contributed by atoms with van der Waals surface area (Å²) in [6.07, 6.45) is 9.28. The van der Waals surface area contributed by atoms with Crippen molar-refractivity contribution in [1.29, 1.82) is 0 Å². The van der Waals surface area contributed by atoms with Gasteiger partial charge in [-0.05, 0) is 90.9 Å². The molecule has 2 N–H and O–H groups in total. The third-order valence-corrected chi connectivity index (χ3v) is 7.94. The second-order valence-electron chi connectivity index (χ2n) is 10.4. The van der Waals surface area contributed by atoms with Crippen LogP contribution in [0.4, 0.5) is 8.78 Å². The quantitative estimate of drug-likeness (QED) is 0.170. The molecular formula is C37H40F2N2O4. The number of hydrogen-bond donors (Lipinski definition) is 2. The molecule has 1 aliphatic carbocycles. The molecule has 0 aliphatic heterocycles. The molecule has 0 spiro atoms. The van der Waals surface area contributed by atoms with Gasteiger partial charge in [0.15, 0.2) is 0 Å². The molecule has 6 nitrogen and oxygen atoms in total. The molecule has 2 unspecified atom stereocenters. The number of fused-ring (bicyclic) bond motifs is 1. The van der Waals surface area contributed by atoms with E-state index in [0.29, 0.717) is 46.3 Å². The Morgan fingerprint density at radius 1 is 1.00 bits per heavy atom. The zero-order valence-corrected chi connectivity index (χ0v) is 26.6. The molecule has 8 heteroatoms. The maximum atomic E-state index is 14.9. The lowest BCUT2D eigenvalue weighted by Crippen LogP contribution is -2.58. The predicted molar refractivity (Wildman–Crippen MR) is 177 cm³/mol. The molecular weight excluding hydrogens is 574 g/mol. The van der Waals surface area contributed by atoms with Gasteiger partial charge in [0.1, 0.15) is 29.8 Å². The molecule has 0 radical (unpaired) electrons.